The summed E-state index contributed by atoms with van der Waals surface area (Å²) in [4.78, 5) is 39.4. The number of carbonyl (C=O) groups excluding carboxylic acids is 3. The summed E-state index contributed by atoms with van der Waals surface area (Å²) in [6.45, 7) is 4.37. The van der Waals surface area contributed by atoms with Gasteiger partial charge in [-0.2, -0.15) is 0 Å². The molecule has 1 aliphatic heterocycles. The Kier molecular flexibility index (Phi) is 7.28. The average molecular weight is 424 g/mol. The summed E-state index contributed by atoms with van der Waals surface area (Å²) in [7, 11) is 1.55. The molecule has 0 saturated carbocycles. The molecule has 3 rings (SSSR count). The van der Waals surface area contributed by atoms with Crippen LogP contribution in [0.3, 0.4) is 0 Å². The van der Waals surface area contributed by atoms with E-state index in [4.69, 9.17) is 9.47 Å². The van der Waals surface area contributed by atoms with Gasteiger partial charge in [0.05, 0.1) is 7.11 Å². The van der Waals surface area contributed by atoms with E-state index < -0.39 is 17.9 Å². The fourth-order valence-electron chi connectivity index (χ4n) is 3.49. The van der Waals surface area contributed by atoms with Crippen molar-refractivity contribution in [3.05, 3.63) is 65.2 Å². The van der Waals surface area contributed by atoms with Gasteiger partial charge >= 0.3 is 5.97 Å². The van der Waals surface area contributed by atoms with Gasteiger partial charge < -0.3 is 19.7 Å². The number of fused-ring (bicyclic) bond motifs is 1. The van der Waals surface area contributed by atoms with Crippen LogP contribution in [-0.4, -0.2) is 49.0 Å². The molecule has 0 saturated heterocycles. The van der Waals surface area contributed by atoms with Gasteiger partial charge in [0.1, 0.15) is 11.8 Å². The summed E-state index contributed by atoms with van der Waals surface area (Å²) in [5.74, 6) is -0.825. The van der Waals surface area contributed by atoms with Crippen molar-refractivity contribution in [3.63, 3.8) is 0 Å². The number of esters is 1. The summed E-state index contributed by atoms with van der Waals surface area (Å²) in [6.07, 6.45) is 0.780. The molecular weight excluding hydrogens is 396 g/mol. The van der Waals surface area contributed by atoms with Gasteiger partial charge in [0, 0.05) is 18.7 Å². The van der Waals surface area contributed by atoms with Crippen molar-refractivity contribution in [2.75, 3.05) is 20.3 Å². The van der Waals surface area contributed by atoms with Crippen LogP contribution in [0.4, 0.5) is 0 Å². The molecule has 0 unspecified atom stereocenters. The monoisotopic (exact) mass is 424 g/mol. The number of nitrogens with zero attached hydrogens (tertiary/aromatic N) is 1. The first-order valence-corrected chi connectivity index (χ1v) is 10.3. The van der Waals surface area contributed by atoms with Crippen molar-refractivity contribution in [1.29, 1.82) is 0 Å². The molecule has 7 nitrogen and oxygen atoms in total. The molecule has 1 atom stereocenters. The Morgan fingerprint density at radius 3 is 2.35 bits per heavy atom. The molecule has 1 heterocycles. The number of hydrogen-bond acceptors (Lipinski definition) is 5. The minimum atomic E-state index is -0.857. The Hall–Kier alpha value is -3.35. The Morgan fingerprint density at radius 1 is 1.03 bits per heavy atom. The van der Waals surface area contributed by atoms with Crippen molar-refractivity contribution in [2.24, 2.45) is 5.92 Å². The quantitative estimate of drug-likeness (QED) is 0.691. The van der Waals surface area contributed by atoms with E-state index in [1.54, 1.807) is 36.3 Å². The summed E-state index contributed by atoms with van der Waals surface area (Å²) in [5.41, 5.74) is 2.76. The molecule has 7 heteroatoms. The molecule has 0 aliphatic carbocycles. The highest BCUT2D eigenvalue weighted by atomic mass is 16.5. The minimum absolute atomic E-state index is 0.202. The van der Waals surface area contributed by atoms with Gasteiger partial charge in [0.25, 0.3) is 11.8 Å². The molecular formula is C24H28N2O5. The van der Waals surface area contributed by atoms with Crippen LogP contribution in [0.1, 0.15) is 35.3 Å². The van der Waals surface area contributed by atoms with E-state index in [0.717, 1.165) is 12.0 Å². The molecule has 0 bridgehead atoms. The molecule has 0 fully saturated rings. The Morgan fingerprint density at radius 2 is 1.71 bits per heavy atom. The van der Waals surface area contributed by atoms with Gasteiger partial charge in [-0.3, -0.25) is 9.59 Å². The van der Waals surface area contributed by atoms with Crippen LogP contribution in [0, 0.1) is 5.92 Å². The number of rotatable bonds is 7. The zero-order valence-corrected chi connectivity index (χ0v) is 18.1. The van der Waals surface area contributed by atoms with Crippen molar-refractivity contribution in [3.8, 4) is 5.75 Å². The van der Waals surface area contributed by atoms with Gasteiger partial charge in [-0.25, -0.2) is 4.79 Å². The number of amides is 2. The molecule has 2 aromatic carbocycles. The topological polar surface area (TPSA) is 84.9 Å². The van der Waals surface area contributed by atoms with E-state index in [-0.39, 0.29) is 18.4 Å². The normalized spacial score (nSPS) is 13.9. The Balaban J connectivity index is 1.55. The molecule has 31 heavy (non-hydrogen) atoms. The molecule has 0 aromatic heterocycles. The maximum absolute atomic E-state index is 12.6. The molecule has 0 radical (unpaired) electrons. The number of carbonyl (C=O) groups is 3. The highest BCUT2D eigenvalue weighted by Crippen LogP contribution is 2.18. The smallest absolute Gasteiger partial charge is 0.329 e. The van der Waals surface area contributed by atoms with E-state index in [1.807, 2.05) is 32.0 Å². The Labute approximate surface area is 182 Å². The van der Waals surface area contributed by atoms with E-state index in [2.05, 4.69) is 11.4 Å². The second-order valence-electron chi connectivity index (χ2n) is 7.87. The van der Waals surface area contributed by atoms with Gasteiger partial charge in [-0.1, -0.05) is 38.1 Å². The van der Waals surface area contributed by atoms with Crippen LogP contribution in [0.5, 0.6) is 5.75 Å². The molecule has 2 aromatic rings. The molecule has 164 valence electrons. The highest BCUT2D eigenvalue weighted by molar-refractivity contribution is 5.97. The predicted molar refractivity (Wildman–Crippen MR) is 116 cm³/mol. The fraction of sp³-hybridized carbons (Fsp3) is 0.375. The molecule has 1 aliphatic rings. The van der Waals surface area contributed by atoms with Crippen LogP contribution in [0.25, 0.3) is 0 Å². The first kappa shape index (κ1) is 22.3. The van der Waals surface area contributed by atoms with Gasteiger partial charge in [-0.15, -0.1) is 0 Å². The summed E-state index contributed by atoms with van der Waals surface area (Å²) in [6, 6.07) is 13.7. The average Bonchev–Trinajstić information content (AvgIpc) is 2.80. The largest absolute Gasteiger partial charge is 0.497 e. The summed E-state index contributed by atoms with van der Waals surface area (Å²) >= 11 is 0. The van der Waals surface area contributed by atoms with Crippen LogP contribution in [-0.2, 0) is 27.3 Å². The first-order valence-electron chi connectivity index (χ1n) is 10.3. The first-order chi connectivity index (χ1) is 14.9. The minimum Gasteiger partial charge on any atom is -0.497 e. The highest BCUT2D eigenvalue weighted by Gasteiger charge is 2.28. The number of benzene rings is 2. The third-order valence-electron chi connectivity index (χ3n) is 5.38. The standard InChI is InChI=1S/C24H28N2O5/c1-16(2)22(25-23(28)18-8-10-20(30-3)11-9-18)24(29)31-15-21(27)26-13-12-17-6-4-5-7-19(17)14-26/h4-11,16,22H,12-15H2,1-3H3,(H,25,28)/t22-/m0/s1. The van der Waals surface area contributed by atoms with Gasteiger partial charge in [0.2, 0.25) is 0 Å². The lowest BCUT2D eigenvalue weighted by atomic mass is 10.00. The Bertz CT molecular complexity index is 939. The van der Waals surface area contributed by atoms with E-state index in [9.17, 15) is 14.4 Å². The van der Waals surface area contributed by atoms with E-state index >= 15 is 0 Å². The number of methoxy groups -OCH3 is 1. The van der Waals surface area contributed by atoms with Crippen LogP contribution in [0.2, 0.25) is 0 Å². The van der Waals surface area contributed by atoms with Crippen LogP contribution >= 0.6 is 0 Å². The van der Waals surface area contributed by atoms with Crippen molar-refractivity contribution in [1.82, 2.24) is 10.2 Å². The van der Waals surface area contributed by atoms with Gasteiger partial charge in [0.15, 0.2) is 6.61 Å². The van der Waals surface area contributed by atoms with Crippen LogP contribution < -0.4 is 10.1 Å². The second kappa shape index (κ2) is 10.1. The number of nitrogens with one attached hydrogen (secondary N) is 1. The predicted octanol–water partition coefficient (Wildman–Crippen LogP) is 2.58. The maximum Gasteiger partial charge on any atom is 0.329 e. The lowest BCUT2D eigenvalue weighted by molar-refractivity contribution is -0.154. The summed E-state index contributed by atoms with van der Waals surface area (Å²) < 4.78 is 10.4. The van der Waals surface area contributed by atoms with Crippen LogP contribution in [0.15, 0.2) is 48.5 Å². The van der Waals surface area contributed by atoms with Crippen molar-refractivity contribution in [2.45, 2.75) is 32.9 Å². The third-order valence-corrected chi connectivity index (χ3v) is 5.38. The van der Waals surface area contributed by atoms with E-state index in [0.29, 0.717) is 24.4 Å². The number of hydrogen-bond donors (Lipinski definition) is 1. The molecule has 1 N–H and O–H groups in total. The maximum atomic E-state index is 12.6. The molecule has 0 spiro atoms. The SMILES string of the molecule is COc1ccc(C(=O)N[C@H](C(=O)OCC(=O)N2CCc3ccccc3C2)C(C)C)cc1. The lowest BCUT2D eigenvalue weighted by Crippen LogP contribution is -2.46. The molecule has 2 amide bonds. The fourth-order valence-corrected chi connectivity index (χ4v) is 3.49. The second-order valence-corrected chi connectivity index (χ2v) is 7.87. The zero-order chi connectivity index (χ0) is 22.4. The number of ether oxygens (including phenoxy) is 2. The summed E-state index contributed by atoms with van der Waals surface area (Å²) in [5, 5.41) is 2.71. The zero-order valence-electron chi connectivity index (χ0n) is 18.1. The van der Waals surface area contributed by atoms with Crippen molar-refractivity contribution >= 4 is 17.8 Å². The third kappa shape index (κ3) is 5.63. The van der Waals surface area contributed by atoms with Gasteiger partial charge in [-0.05, 0) is 47.7 Å². The van der Waals surface area contributed by atoms with Crippen molar-refractivity contribution < 1.29 is 23.9 Å². The van der Waals surface area contributed by atoms with E-state index in [1.165, 1.54) is 5.56 Å². The lowest BCUT2D eigenvalue weighted by Gasteiger charge is -2.29.